The minimum atomic E-state index is 0.0500. The summed E-state index contributed by atoms with van der Waals surface area (Å²) < 4.78 is 1.96. The van der Waals surface area contributed by atoms with Crippen molar-refractivity contribution in [3.63, 3.8) is 0 Å². The van der Waals surface area contributed by atoms with Gasteiger partial charge < -0.3 is 5.11 Å². The van der Waals surface area contributed by atoms with Crippen molar-refractivity contribution in [3.8, 4) is 0 Å². The summed E-state index contributed by atoms with van der Waals surface area (Å²) in [6.45, 7) is 0.799. The van der Waals surface area contributed by atoms with Crippen LogP contribution in [0.25, 0.3) is 10.9 Å². The second kappa shape index (κ2) is 4.63. The SMILES string of the molecule is OCc1cccc2c1cnn2Cc1ccccc1. The summed E-state index contributed by atoms with van der Waals surface area (Å²) in [5, 5.41) is 14.7. The summed E-state index contributed by atoms with van der Waals surface area (Å²) in [4.78, 5) is 0. The van der Waals surface area contributed by atoms with E-state index in [1.165, 1.54) is 5.56 Å². The maximum absolute atomic E-state index is 9.30. The molecule has 1 N–H and O–H groups in total. The molecule has 0 spiro atoms. The zero-order valence-corrected chi connectivity index (χ0v) is 9.95. The molecule has 0 unspecified atom stereocenters. The number of aliphatic hydroxyl groups excluding tert-OH is 1. The lowest BCUT2D eigenvalue weighted by atomic mass is 10.1. The highest BCUT2D eigenvalue weighted by atomic mass is 16.3. The van der Waals surface area contributed by atoms with Gasteiger partial charge in [0.2, 0.25) is 0 Å². The lowest BCUT2D eigenvalue weighted by Crippen LogP contribution is -2.01. The molecule has 0 saturated heterocycles. The Hall–Kier alpha value is -2.13. The van der Waals surface area contributed by atoms with Crippen LogP contribution in [0.5, 0.6) is 0 Å². The van der Waals surface area contributed by atoms with Gasteiger partial charge in [-0.1, -0.05) is 42.5 Å². The summed E-state index contributed by atoms with van der Waals surface area (Å²) in [5.74, 6) is 0. The average molecular weight is 238 g/mol. The maximum Gasteiger partial charge on any atom is 0.0690 e. The fourth-order valence-electron chi connectivity index (χ4n) is 2.18. The Kier molecular flexibility index (Phi) is 2.82. The highest BCUT2D eigenvalue weighted by molar-refractivity contribution is 5.82. The number of fused-ring (bicyclic) bond motifs is 1. The number of nitrogens with zero attached hydrogens (tertiary/aromatic N) is 2. The Labute approximate surface area is 105 Å². The fraction of sp³-hybridized carbons (Fsp3) is 0.133. The molecule has 90 valence electrons. The molecule has 0 aliphatic carbocycles. The van der Waals surface area contributed by atoms with Crippen molar-refractivity contribution in [2.75, 3.05) is 0 Å². The van der Waals surface area contributed by atoms with Crippen molar-refractivity contribution in [1.82, 2.24) is 9.78 Å². The van der Waals surface area contributed by atoms with Crippen LogP contribution in [0.1, 0.15) is 11.1 Å². The molecule has 3 rings (SSSR count). The van der Waals surface area contributed by atoms with Gasteiger partial charge in [0.25, 0.3) is 0 Å². The van der Waals surface area contributed by atoms with Crippen LogP contribution in [0.3, 0.4) is 0 Å². The molecule has 0 saturated carbocycles. The Morgan fingerprint density at radius 2 is 1.83 bits per heavy atom. The summed E-state index contributed by atoms with van der Waals surface area (Å²) in [5.41, 5.74) is 3.20. The first-order valence-corrected chi connectivity index (χ1v) is 5.96. The Bertz CT molecular complexity index is 659. The van der Waals surface area contributed by atoms with Crippen LogP contribution in [0.4, 0.5) is 0 Å². The van der Waals surface area contributed by atoms with Crippen molar-refractivity contribution in [2.45, 2.75) is 13.2 Å². The van der Waals surface area contributed by atoms with Crippen LogP contribution in [0.2, 0.25) is 0 Å². The third kappa shape index (κ3) is 1.89. The summed E-state index contributed by atoms with van der Waals surface area (Å²) >= 11 is 0. The van der Waals surface area contributed by atoms with Crippen LogP contribution in [-0.2, 0) is 13.2 Å². The molecule has 18 heavy (non-hydrogen) atoms. The Morgan fingerprint density at radius 1 is 1.00 bits per heavy atom. The molecule has 3 aromatic rings. The van der Waals surface area contributed by atoms with Gasteiger partial charge in [0.05, 0.1) is 24.9 Å². The first-order chi connectivity index (χ1) is 8.88. The van der Waals surface area contributed by atoms with Crippen LogP contribution in [-0.4, -0.2) is 14.9 Å². The molecule has 0 radical (unpaired) electrons. The summed E-state index contributed by atoms with van der Waals surface area (Å²) in [6.07, 6.45) is 1.82. The van der Waals surface area contributed by atoms with Crippen molar-refractivity contribution in [2.24, 2.45) is 0 Å². The van der Waals surface area contributed by atoms with Gasteiger partial charge in [0.15, 0.2) is 0 Å². The quantitative estimate of drug-likeness (QED) is 0.761. The van der Waals surface area contributed by atoms with Gasteiger partial charge in [-0.05, 0) is 17.2 Å². The lowest BCUT2D eigenvalue weighted by Gasteiger charge is -2.04. The standard InChI is InChI=1S/C15H14N2O/c18-11-13-7-4-8-15-14(13)9-16-17(15)10-12-5-2-1-3-6-12/h1-9,18H,10-11H2. The van der Waals surface area contributed by atoms with E-state index in [2.05, 4.69) is 17.2 Å². The number of hydrogen-bond acceptors (Lipinski definition) is 2. The predicted molar refractivity (Wildman–Crippen MR) is 71.2 cm³/mol. The molecule has 0 fully saturated rings. The van der Waals surface area contributed by atoms with Crippen LogP contribution in [0.15, 0.2) is 54.7 Å². The van der Waals surface area contributed by atoms with Crippen LogP contribution >= 0.6 is 0 Å². The molecule has 0 amide bonds. The molecule has 0 aliphatic rings. The highest BCUT2D eigenvalue weighted by Gasteiger charge is 2.06. The average Bonchev–Trinajstić information content (AvgIpc) is 2.83. The normalized spacial score (nSPS) is 10.9. The number of hydrogen-bond donors (Lipinski definition) is 1. The van der Waals surface area contributed by atoms with E-state index in [1.54, 1.807) is 0 Å². The van der Waals surface area contributed by atoms with E-state index in [4.69, 9.17) is 0 Å². The molecule has 0 atom stereocenters. The summed E-state index contributed by atoms with van der Waals surface area (Å²) in [6, 6.07) is 16.2. The highest BCUT2D eigenvalue weighted by Crippen LogP contribution is 2.19. The Morgan fingerprint density at radius 3 is 2.61 bits per heavy atom. The number of rotatable bonds is 3. The van der Waals surface area contributed by atoms with E-state index in [1.807, 2.05) is 47.3 Å². The number of aromatic nitrogens is 2. The molecule has 1 aromatic heterocycles. The molecule has 2 aromatic carbocycles. The van der Waals surface area contributed by atoms with E-state index in [9.17, 15) is 5.11 Å². The number of benzene rings is 2. The fourth-order valence-corrected chi connectivity index (χ4v) is 2.18. The van der Waals surface area contributed by atoms with E-state index in [0.717, 1.165) is 23.0 Å². The molecule has 0 aliphatic heterocycles. The van der Waals surface area contributed by atoms with Crippen molar-refractivity contribution >= 4 is 10.9 Å². The lowest BCUT2D eigenvalue weighted by molar-refractivity contribution is 0.283. The van der Waals surface area contributed by atoms with Gasteiger partial charge in [-0.25, -0.2) is 0 Å². The first kappa shape index (κ1) is 11.0. The second-order valence-electron chi connectivity index (χ2n) is 4.30. The molecular weight excluding hydrogens is 224 g/mol. The minimum absolute atomic E-state index is 0.0500. The monoisotopic (exact) mass is 238 g/mol. The third-order valence-electron chi connectivity index (χ3n) is 3.12. The molecular formula is C15H14N2O. The van der Waals surface area contributed by atoms with Crippen LogP contribution < -0.4 is 0 Å². The number of aliphatic hydroxyl groups is 1. The first-order valence-electron chi connectivity index (χ1n) is 5.96. The third-order valence-corrected chi connectivity index (χ3v) is 3.12. The maximum atomic E-state index is 9.30. The molecule has 3 nitrogen and oxygen atoms in total. The van der Waals surface area contributed by atoms with Crippen molar-refractivity contribution < 1.29 is 5.11 Å². The van der Waals surface area contributed by atoms with Crippen molar-refractivity contribution in [1.29, 1.82) is 0 Å². The zero-order chi connectivity index (χ0) is 12.4. The van der Waals surface area contributed by atoms with Gasteiger partial charge in [-0.2, -0.15) is 5.10 Å². The topological polar surface area (TPSA) is 38.1 Å². The summed E-state index contributed by atoms with van der Waals surface area (Å²) in [7, 11) is 0. The van der Waals surface area contributed by atoms with E-state index in [-0.39, 0.29) is 6.61 Å². The smallest absolute Gasteiger partial charge is 0.0690 e. The molecule has 1 heterocycles. The van der Waals surface area contributed by atoms with Gasteiger partial charge in [0, 0.05) is 5.39 Å². The van der Waals surface area contributed by atoms with Gasteiger partial charge >= 0.3 is 0 Å². The zero-order valence-electron chi connectivity index (χ0n) is 9.95. The Balaban J connectivity index is 2.03. The molecule has 0 bridgehead atoms. The van der Waals surface area contributed by atoms with E-state index >= 15 is 0 Å². The molecule has 3 heteroatoms. The van der Waals surface area contributed by atoms with E-state index < -0.39 is 0 Å². The largest absolute Gasteiger partial charge is 0.392 e. The van der Waals surface area contributed by atoms with Crippen molar-refractivity contribution in [3.05, 3.63) is 65.9 Å². The van der Waals surface area contributed by atoms with Gasteiger partial charge in [0.1, 0.15) is 0 Å². The van der Waals surface area contributed by atoms with Gasteiger partial charge in [-0.3, -0.25) is 4.68 Å². The van der Waals surface area contributed by atoms with E-state index in [0.29, 0.717) is 0 Å². The predicted octanol–water partition coefficient (Wildman–Crippen LogP) is 2.58. The minimum Gasteiger partial charge on any atom is -0.392 e. The van der Waals surface area contributed by atoms with Gasteiger partial charge in [-0.15, -0.1) is 0 Å². The van der Waals surface area contributed by atoms with Crippen LogP contribution in [0, 0.1) is 0 Å². The second-order valence-corrected chi connectivity index (χ2v) is 4.30.